The fourth-order valence-corrected chi connectivity index (χ4v) is 5.80. The molecule has 228 valence electrons. The van der Waals surface area contributed by atoms with E-state index in [9.17, 15) is 18.0 Å². The smallest absolute Gasteiger partial charge is 0.421 e. The first kappa shape index (κ1) is 29.2. The minimum absolute atomic E-state index is 0.0109. The Morgan fingerprint density at radius 3 is 2.35 bits per heavy atom. The highest BCUT2D eigenvalue weighted by Gasteiger charge is 2.40. The van der Waals surface area contributed by atoms with Gasteiger partial charge in [0.25, 0.3) is 0 Å². The summed E-state index contributed by atoms with van der Waals surface area (Å²) >= 11 is 0. The van der Waals surface area contributed by atoms with Crippen LogP contribution in [0.2, 0.25) is 0 Å². The zero-order valence-electron chi connectivity index (χ0n) is 24.6. The number of rotatable bonds is 5. The normalized spacial score (nSPS) is 19.9. The van der Waals surface area contributed by atoms with Crippen molar-refractivity contribution >= 4 is 27.9 Å². The molecule has 4 aromatic rings. The number of nitrogens with zero attached hydrogens (tertiary/aromatic N) is 4. The van der Waals surface area contributed by atoms with Crippen molar-refractivity contribution in [2.45, 2.75) is 76.5 Å². The highest BCUT2D eigenvalue weighted by molar-refractivity contribution is 6.08. The molecule has 2 aliphatic rings. The van der Waals surface area contributed by atoms with Crippen molar-refractivity contribution in [3.63, 3.8) is 0 Å². The van der Waals surface area contributed by atoms with Crippen molar-refractivity contribution in [1.29, 1.82) is 0 Å². The molecule has 0 bridgehead atoms. The van der Waals surface area contributed by atoms with Gasteiger partial charge in [-0.1, -0.05) is 12.1 Å². The van der Waals surface area contributed by atoms with E-state index in [1.807, 2.05) is 50.6 Å². The molecule has 0 unspecified atom stereocenters. The highest BCUT2D eigenvalue weighted by Crippen LogP contribution is 2.40. The monoisotopic (exact) mass is 596 g/mol. The van der Waals surface area contributed by atoms with Crippen LogP contribution in [0, 0.1) is 0 Å². The fourth-order valence-electron chi connectivity index (χ4n) is 5.80. The minimum Gasteiger partial charge on any atom is -0.474 e. The Bertz CT molecular complexity index is 1650. The van der Waals surface area contributed by atoms with Gasteiger partial charge in [0.2, 0.25) is 5.88 Å². The number of amides is 1. The number of ether oxygens (including phenoxy) is 3. The van der Waals surface area contributed by atoms with Gasteiger partial charge in [-0.05, 0) is 57.4 Å². The molecule has 11 heteroatoms. The molecule has 0 spiro atoms. The molecular weight excluding hydrogens is 561 g/mol. The van der Waals surface area contributed by atoms with Crippen LogP contribution in [0.1, 0.15) is 52.0 Å². The largest absolute Gasteiger partial charge is 0.474 e. The number of carbonyl (C=O) groups excluding carboxylic acids is 1. The van der Waals surface area contributed by atoms with Crippen molar-refractivity contribution in [3.05, 3.63) is 54.5 Å². The van der Waals surface area contributed by atoms with E-state index in [-0.39, 0.29) is 18.3 Å². The fraction of sp³-hybridized carbons (Fsp3) is 0.469. The van der Waals surface area contributed by atoms with Gasteiger partial charge >= 0.3 is 12.3 Å². The zero-order valence-corrected chi connectivity index (χ0v) is 24.6. The maximum atomic E-state index is 14.1. The Morgan fingerprint density at radius 2 is 1.65 bits per heavy atom. The lowest BCUT2D eigenvalue weighted by atomic mass is 9.91. The highest BCUT2D eigenvalue weighted by atomic mass is 19.4. The van der Waals surface area contributed by atoms with E-state index in [1.54, 1.807) is 23.4 Å². The lowest BCUT2D eigenvalue weighted by molar-refractivity contribution is -0.142. The molecule has 1 saturated heterocycles. The molecule has 1 aliphatic heterocycles. The van der Waals surface area contributed by atoms with Gasteiger partial charge in [0.05, 0.1) is 17.7 Å². The van der Waals surface area contributed by atoms with Crippen LogP contribution in [-0.4, -0.2) is 62.5 Å². The minimum atomic E-state index is -4.63. The van der Waals surface area contributed by atoms with Gasteiger partial charge in [-0.3, -0.25) is 4.98 Å². The van der Waals surface area contributed by atoms with Gasteiger partial charge in [-0.2, -0.15) is 13.2 Å². The Kier molecular flexibility index (Phi) is 7.48. The van der Waals surface area contributed by atoms with Crippen molar-refractivity contribution < 1.29 is 32.2 Å². The van der Waals surface area contributed by atoms with Gasteiger partial charge in [-0.25, -0.2) is 9.78 Å². The first-order chi connectivity index (χ1) is 20.4. The van der Waals surface area contributed by atoms with Gasteiger partial charge in [0.1, 0.15) is 17.3 Å². The van der Waals surface area contributed by atoms with E-state index in [0.29, 0.717) is 49.9 Å². The molecule has 1 aliphatic carbocycles. The Labute approximate surface area is 247 Å². The van der Waals surface area contributed by atoms with Gasteiger partial charge in [0, 0.05) is 73.4 Å². The summed E-state index contributed by atoms with van der Waals surface area (Å²) in [6, 6.07) is 8.61. The number of hydrogen-bond acceptors (Lipinski definition) is 6. The van der Waals surface area contributed by atoms with Crippen molar-refractivity contribution in [1.82, 2.24) is 19.4 Å². The number of halogens is 3. The van der Waals surface area contributed by atoms with E-state index in [2.05, 4.69) is 9.97 Å². The van der Waals surface area contributed by atoms with E-state index >= 15 is 0 Å². The number of pyridine rings is 2. The Balaban J connectivity index is 1.09. The second-order valence-corrected chi connectivity index (χ2v) is 12.4. The number of piperidine rings is 1. The number of aromatic nitrogens is 3. The third-order valence-electron chi connectivity index (χ3n) is 8.11. The maximum absolute atomic E-state index is 14.1. The number of fused-ring (bicyclic) bond motifs is 3. The summed E-state index contributed by atoms with van der Waals surface area (Å²) in [7, 11) is 1.92. The van der Waals surface area contributed by atoms with E-state index in [1.165, 1.54) is 6.20 Å². The Hall–Kier alpha value is -3.86. The van der Waals surface area contributed by atoms with Crippen molar-refractivity contribution in [2.75, 3.05) is 13.1 Å². The molecule has 0 atom stereocenters. The molecule has 3 aromatic heterocycles. The summed E-state index contributed by atoms with van der Waals surface area (Å²) in [5, 5.41) is 1.96. The van der Waals surface area contributed by atoms with Crippen molar-refractivity contribution in [3.8, 4) is 17.0 Å². The summed E-state index contributed by atoms with van der Waals surface area (Å²) in [6.45, 7) is 6.59. The zero-order chi connectivity index (χ0) is 30.5. The van der Waals surface area contributed by atoms with Gasteiger partial charge < -0.3 is 23.7 Å². The lowest BCUT2D eigenvalue weighted by Gasteiger charge is -2.40. The van der Waals surface area contributed by atoms with Crippen LogP contribution >= 0.6 is 0 Å². The molecule has 0 radical (unpaired) electrons. The molecule has 4 heterocycles. The number of likely N-dealkylation sites (tertiary alicyclic amines) is 1. The number of alkyl halides is 3. The number of benzene rings is 1. The van der Waals surface area contributed by atoms with Crippen LogP contribution in [0.4, 0.5) is 18.0 Å². The van der Waals surface area contributed by atoms with Crippen LogP contribution in [0.25, 0.3) is 32.9 Å². The first-order valence-corrected chi connectivity index (χ1v) is 14.6. The second-order valence-electron chi connectivity index (χ2n) is 12.4. The van der Waals surface area contributed by atoms with Crippen LogP contribution in [0.3, 0.4) is 0 Å². The van der Waals surface area contributed by atoms with Crippen LogP contribution in [-0.2, 0) is 22.7 Å². The average Bonchev–Trinajstić information content (AvgIpc) is 3.22. The molecule has 43 heavy (non-hydrogen) atoms. The third-order valence-corrected chi connectivity index (χ3v) is 8.11. The molecule has 1 amide bonds. The van der Waals surface area contributed by atoms with Crippen LogP contribution in [0.15, 0.2) is 48.9 Å². The predicted octanol–water partition coefficient (Wildman–Crippen LogP) is 7.13. The first-order valence-electron chi connectivity index (χ1n) is 14.6. The van der Waals surface area contributed by atoms with Crippen molar-refractivity contribution in [2.24, 2.45) is 7.05 Å². The van der Waals surface area contributed by atoms with Crippen LogP contribution < -0.4 is 4.74 Å². The lowest BCUT2D eigenvalue weighted by Crippen LogP contribution is -2.46. The standard InChI is InChI=1S/C32H35F3N4O4/c1-31(2,3)43-30(40)39-11-8-21(9-12-39)41-22-15-23(16-22)42-29-26(32(33,34)35)13-20(17-37-29)19-5-6-24-25-18-36-10-7-27(25)38(4)28(24)14-19/h5-7,10,13-14,17-18,21-23H,8-9,11-12,15-16H2,1-4H3/t22-,23-. The molecule has 8 nitrogen and oxygen atoms in total. The molecule has 1 saturated carbocycles. The summed E-state index contributed by atoms with van der Waals surface area (Å²) in [5.41, 5.74) is 1.43. The molecule has 2 fully saturated rings. The molecule has 1 aromatic carbocycles. The number of aryl methyl sites for hydroxylation is 1. The quantitative estimate of drug-likeness (QED) is 0.244. The summed E-state index contributed by atoms with van der Waals surface area (Å²) in [4.78, 5) is 22.3. The SMILES string of the molecule is Cn1c2ccncc2c2ccc(-c3cnc(O[C@H]4C[C@H](OC5CCN(C(=O)OC(C)(C)C)CC5)C4)c(C(F)(F)F)c3)cc21. The molecule has 0 N–H and O–H groups in total. The topological polar surface area (TPSA) is 78.7 Å². The van der Waals surface area contributed by atoms with Crippen LogP contribution in [0.5, 0.6) is 5.88 Å². The Morgan fingerprint density at radius 1 is 0.907 bits per heavy atom. The summed E-state index contributed by atoms with van der Waals surface area (Å²) in [6.07, 6.45) is 1.80. The molecular formula is C32H35F3N4O4. The number of carbonyl (C=O) groups is 1. The maximum Gasteiger partial charge on any atom is 0.421 e. The third kappa shape index (κ3) is 6.13. The average molecular weight is 597 g/mol. The summed E-state index contributed by atoms with van der Waals surface area (Å²) < 4.78 is 61.8. The molecule has 6 rings (SSSR count). The van der Waals surface area contributed by atoms with E-state index in [4.69, 9.17) is 14.2 Å². The van der Waals surface area contributed by atoms with Gasteiger partial charge in [-0.15, -0.1) is 0 Å². The second kappa shape index (κ2) is 11.0. The van der Waals surface area contributed by atoms with Gasteiger partial charge in [0.15, 0.2) is 0 Å². The van der Waals surface area contributed by atoms with E-state index in [0.717, 1.165) is 27.9 Å². The predicted molar refractivity (Wildman–Crippen MR) is 156 cm³/mol. The van der Waals surface area contributed by atoms with E-state index < -0.39 is 29.3 Å². The summed E-state index contributed by atoms with van der Waals surface area (Å²) in [5.74, 6) is -0.415. The number of hydrogen-bond donors (Lipinski definition) is 0.